The molecule has 0 amide bonds. The number of halogens is 2. The quantitative estimate of drug-likeness (QED) is 0.830. The van der Waals surface area contributed by atoms with E-state index in [2.05, 4.69) is 15.0 Å². The van der Waals surface area contributed by atoms with E-state index in [1.54, 1.807) is 0 Å². The number of rotatable bonds is 5. The Morgan fingerprint density at radius 2 is 2.10 bits per heavy atom. The lowest BCUT2D eigenvalue weighted by Gasteiger charge is -2.07. The highest BCUT2D eigenvalue weighted by molar-refractivity contribution is 5.94. The lowest BCUT2D eigenvalue weighted by atomic mass is 10.1. The molecule has 21 heavy (non-hydrogen) atoms. The number of aliphatic hydroxyl groups excluding tert-OH is 1. The van der Waals surface area contributed by atoms with Crippen LogP contribution < -0.4 is 5.73 Å². The van der Waals surface area contributed by atoms with Crippen LogP contribution in [0.3, 0.4) is 0 Å². The summed E-state index contributed by atoms with van der Waals surface area (Å²) in [5.74, 6) is -1.67. The number of unbranched alkanes of at least 4 members (excludes halogenated alkanes) is 1. The summed E-state index contributed by atoms with van der Waals surface area (Å²) >= 11 is 0. The molecular weight excluding hydrogens is 278 g/mol. The predicted octanol–water partition coefficient (Wildman–Crippen LogP) is 2.75. The van der Waals surface area contributed by atoms with Crippen molar-refractivity contribution in [2.75, 3.05) is 12.3 Å². The minimum absolute atomic E-state index is 0.00644. The summed E-state index contributed by atoms with van der Waals surface area (Å²) in [6.45, 7) is 1.75. The van der Waals surface area contributed by atoms with E-state index in [4.69, 9.17) is 5.73 Å². The molecule has 0 spiro atoms. The van der Waals surface area contributed by atoms with Gasteiger partial charge in [0.15, 0.2) is 5.82 Å². The largest absolute Gasteiger partial charge is 0.390 e. The van der Waals surface area contributed by atoms with Gasteiger partial charge in [-0.05, 0) is 12.8 Å². The monoisotopic (exact) mass is 294 g/mol. The van der Waals surface area contributed by atoms with Crippen LogP contribution in [0.2, 0.25) is 0 Å². The minimum atomic E-state index is -0.809. The average molecular weight is 294 g/mol. The summed E-state index contributed by atoms with van der Waals surface area (Å²) in [4.78, 5) is 11.9. The van der Waals surface area contributed by atoms with Gasteiger partial charge in [0, 0.05) is 17.8 Å². The van der Waals surface area contributed by atoms with Gasteiger partial charge < -0.3 is 10.8 Å². The van der Waals surface area contributed by atoms with Crippen molar-refractivity contribution in [3.05, 3.63) is 23.8 Å². The summed E-state index contributed by atoms with van der Waals surface area (Å²) < 4.78 is 27.2. The Bertz CT molecular complexity index is 683. The van der Waals surface area contributed by atoms with Crippen molar-refractivity contribution in [1.82, 2.24) is 9.97 Å². The molecule has 1 heterocycles. The van der Waals surface area contributed by atoms with E-state index in [-0.39, 0.29) is 29.3 Å². The maximum atomic E-state index is 14.0. The van der Waals surface area contributed by atoms with E-state index in [1.165, 1.54) is 0 Å². The van der Waals surface area contributed by atoms with Gasteiger partial charge in [0.1, 0.15) is 11.6 Å². The summed E-state index contributed by atoms with van der Waals surface area (Å²) in [7, 11) is 0. The van der Waals surface area contributed by atoms with Crippen LogP contribution in [0.5, 0.6) is 0 Å². The number of aliphatic hydroxyl groups is 1. The molecular formula is C14H16F2N4O. The summed E-state index contributed by atoms with van der Waals surface area (Å²) in [5.41, 5.74) is 6.06. The fourth-order valence-electron chi connectivity index (χ4n) is 1.96. The predicted molar refractivity (Wildman–Crippen MR) is 77.6 cm³/mol. The van der Waals surface area contributed by atoms with Gasteiger partial charge in [-0.2, -0.15) is 4.98 Å². The van der Waals surface area contributed by atoms with Crippen LogP contribution >= 0.6 is 0 Å². The molecule has 0 aliphatic heterocycles. The van der Waals surface area contributed by atoms with Gasteiger partial charge in [-0.3, -0.25) is 0 Å². The molecule has 0 bridgehead atoms. The van der Waals surface area contributed by atoms with Crippen LogP contribution in [0.25, 0.3) is 10.9 Å². The second-order valence-corrected chi connectivity index (χ2v) is 4.63. The molecule has 1 aromatic carbocycles. The fourth-order valence-corrected chi connectivity index (χ4v) is 1.96. The first kappa shape index (κ1) is 15.2. The zero-order valence-corrected chi connectivity index (χ0v) is 11.6. The molecule has 0 unspecified atom stereocenters. The number of aromatic nitrogens is 2. The minimum Gasteiger partial charge on any atom is -0.390 e. The van der Waals surface area contributed by atoms with Crippen molar-refractivity contribution in [2.24, 2.45) is 4.99 Å². The lowest BCUT2D eigenvalue weighted by molar-refractivity contribution is 0.354. The number of aliphatic imine (C=N–C) groups is 1. The molecule has 2 aromatic rings. The van der Waals surface area contributed by atoms with Crippen LogP contribution in [0.4, 0.5) is 20.5 Å². The van der Waals surface area contributed by atoms with Gasteiger partial charge in [0.05, 0.1) is 17.5 Å². The zero-order valence-electron chi connectivity index (χ0n) is 11.6. The van der Waals surface area contributed by atoms with Crippen molar-refractivity contribution < 1.29 is 13.9 Å². The summed E-state index contributed by atoms with van der Waals surface area (Å²) in [5, 5.41) is 9.30. The van der Waals surface area contributed by atoms with E-state index < -0.39 is 11.6 Å². The fraction of sp³-hybridized carbons (Fsp3) is 0.357. The third kappa shape index (κ3) is 3.49. The average Bonchev–Trinajstić information content (AvgIpc) is 2.41. The van der Waals surface area contributed by atoms with Gasteiger partial charge in [-0.15, -0.1) is 0 Å². The van der Waals surface area contributed by atoms with Crippen molar-refractivity contribution in [2.45, 2.75) is 26.2 Å². The first-order valence-electron chi connectivity index (χ1n) is 6.64. The van der Waals surface area contributed by atoms with Crippen molar-refractivity contribution in [3.63, 3.8) is 0 Å². The molecule has 7 heteroatoms. The van der Waals surface area contributed by atoms with Crippen LogP contribution in [-0.4, -0.2) is 27.4 Å². The second kappa shape index (κ2) is 6.53. The molecule has 112 valence electrons. The highest BCUT2D eigenvalue weighted by Gasteiger charge is 2.13. The maximum absolute atomic E-state index is 14.0. The van der Waals surface area contributed by atoms with E-state index in [0.717, 1.165) is 25.0 Å². The number of nitrogens with two attached hydrogens (primary N) is 1. The summed E-state index contributed by atoms with van der Waals surface area (Å²) in [6.07, 6.45) is 2.35. The van der Waals surface area contributed by atoms with Crippen LogP contribution in [0, 0.1) is 11.6 Å². The Morgan fingerprint density at radius 3 is 2.76 bits per heavy atom. The Labute approximate surface area is 120 Å². The van der Waals surface area contributed by atoms with Gasteiger partial charge in [0.2, 0.25) is 5.95 Å². The smallest absolute Gasteiger partial charge is 0.222 e. The second-order valence-electron chi connectivity index (χ2n) is 4.63. The summed E-state index contributed by atoms with van der Waals surface area (Å²) in [6, 6.07) is 1.81. The van der Waals surface area contributed by atoms with E-state index >= 15 is 0 Å². The maximum Gasteiger partial charge on any atom is 0.222 e. The molecule has 0 atom stereocenters. The van der Waals surface area contributed by atoms with Crippen molar-refractivity contribution >= 4 is 28.4 Å². The van der Waals surface area contributed by atoms with Crippen LogP contribution in [-0.2, 0) is 0 Å². The first-order chi connectivity index (χ1) is 10.0. The van der Waals surface area contributed by atoms with Gasteiger partial charge in [-0.25, -0.2) is 18.8 Å². The van der Waals surface area contributed by atoms with Gasteiger partial charge in [0.25, 0.3) is 0 Å². The van der Waals surface area contributed by atoms with Gasteiger partial charge in [-0.1, -0.05) is 13.3 Å². The number of anilines is 1. The van der Waals surface area contributed by atoms with Crippen molar-refractivity contribution in [3.8, 4) is 0 Å². The van der Waals surface area contributed by atoms with E-state index in [9.17, 15) is 13.9 Å². The molecule has 2 rings (SSSR count). The highest BCUT2D eigenvalue weighted by atomic mass is 19.1. The molecule has 5 nitrogen and oxygen atoms in total. The normalized spacial score (nSPS) is 12.1. The SMILES string of the molecule is CCCC/C(CO)=N\c1nc(N)nc2cc(F)cc(F)c12. The molecule has 0 aliphatic rings. The topological polar surface area (TPSA) is 84.4 Å². The first-order valence-corrected chi connectivity index (χ1v) is 6.64. The molecule has 0 aliphatic carbocycles. The molecule has 3 N–H and O–H groups in total. The van der Waals surface area contributed by atoms with Crippen LogP contribution in [0.1, 0.15) is 26.2 Å². The van der Waals surface area contributed by atoms with Crippen molar-refractivity contribution in [1.29, 1.82) is 0 Å². The number of nitrogen functional groups attached to an aromatic ring is 1. The number of hydrogen-bond acceptors (Lipinski definition) is 5. The number of hydrogen-bond donors (Lipinski definition) is 2. The third-order valence-corrected chi connectivity index (χ3v) is 2.98. The molecule has 0 saturated heterocycles. The number of benzene rings is 1. The molecule has 0 saturated carbocycles. The Kier molecular flexibility index (Phi) is 4.74. The van der Waals surface area contributed by atoms with Gasteiger partial charge >= 0.3 is 0 Å². The molecule has 1 aromatic heterocycles. The highest BCUT2D eigenvalue weighted by Crippen LogP contribution is 2.27. The Balaban J connectivity index is 2.59. The van der Waals surface area contributed by atoms with Crippen LogP contribution in [0.15, 0.2) is 17.1 Å². The third-order valence-electron chi connectivity index (χ3n) is 2.98. The zero-order chi connectivity index (χ0) is 15.4. The molecule has 0 fully saturated rings. The molecule has 0 radical (unpaired) electrons. The standard InChI is InChI=1S/C14H16F2N4O/c1-2-3-4-9(7-21)18-13-12-10(16)5-8(15)6-11(12)19-14(17)20-13/h5-6,21H,2-4,7H2,1H3,(H2,17,19,20)/b18-9+. The lowest BCUT2D eigenvalue weighted by Crippen LogP contribution is -2.05. The number of fused-ring (bicyclic) bond motifs is 1. The van der Waals surface area contributed by atoms with E-state index in [0.29, 0.717) is 12.1 Å². The Morgan fingerprint density at radius 1 is 1.33 bits per heavy atom. The Hall–Kier alpha value is -2.15. The number of nitrogens with zero attached hydrogens (tertiary/aromatic N) is 3. The van der Waals surface area contributed by atoms with E-state index in [1.807, 2.05) is 6.92 Å².